The van der Waals surface area contributed by atoms with Gasteiger partial charge >= 0.3 is 0 Å². The first-order valence-corrected chi connectivity index (χ1v) is 14.4. The van der Waals surface area contributed by atoms with E-state index >= 15 is 0 Å². The monoisotopic (exact) mass is 559 g/mol. The van der Waals surface area contributed by atoms with E-state index in [2.05, 4.69) is 15.5 Å². The summed E-state index contributed by atoms with van der Waals surface area (Å²) in [7, 11) is 0.291. The summed E-state index contributed by atoms with van der Waals surface area (Å²) >= 11 is 6.73. The fourth-order valence-electron chi connectivity index (χ4n) is 4.25. The molecular formula is C30H26ClN3O4S. The molecule has 0 bridgehead atoms. The van der Waals surface area contributed by atoms with Gasteiger partial charge in [0.1, 0.15) is 23.6 Å². The Morgan fingerprint density at radius 2 is 1.69 bits per heavy atom. The van der Waals surface area contributed by atoms with Crippen LogP contribution in [-0.4, -0.2) is 33.1 Å². The van der Waals surface area contributed by atoms with Gasteiger partial charge in [0.2, 0.25) is 11.7 Å². The Hall–Kier alpha value is -4.14. The van der Waals surface area contributed by atoms with Gasteiger partial charge in [-0.15, -0.1) is 0 Å². The third kappa shape index (κ3) is 5.39. The molecule has 5 aromatic rings. The Morgan fingerprint density at radius 1 is 0.974 bits per heavy atom. The first-order valence-electron chi connectivity index (χ1n) is 12.1. The topological polar surface area (TPSA) is 82.8 Å². The molecule has 0 spiro atoms. The predicted octanol–water partition coefficient (Wildman–Crippen LogP) is 6.83. The number of methoxy groups -OCH3 is 1. The van der Waals surface area contributed by atoms with Gasteiger partial charge in [0.25, 0.3) is 0 Å². The molecule has 1 atom stereocenters. The summed E-state index contributed by atoms with van der Waals surface area (Å²) in [6.07, 6.45) is 2.97. The summed E-state index contributed by atoms with van der Waals surface area (Å²) < 4.78 is 31.0. The van der Waals surface area contributed by atoms with Crippen LogP contribution in [0.4, 0.5) is 5.69 Å². The third-order valence-corrected chi connectivity index (χ3v) is 8.37. The lowest BCUT2D eigenvalue weighted by Gasteiger charge is -2.13. The average Bonchev–Trinajstić information content (AvgIpc) is 3.32. The van der Waals surface area contributed by atoms with Crippen molar-refractivity contribution in [3.8, 4) is 11.6 Å². The molecule has 0 N–H and O–H groups in total. The van der Waals surface area contributed by atoms with Gasteiger partial charge in [-0.3, -0.25) is 4.79 Å². The van der Waals surface area contributed by atoms with Crippen molar-refractivity contribution < 1.29 is 18.5 Å². The number of benzene rings is 4. The van der Waals surface area contributed by atoms with Crippen LogP contribution < -0.4 is 9.47 Å². The number of carbonyl (C=O) groups is 1. The number of aryl methyl sites for hydroxylation is 1. The molecule has 1 unspecified atom stereocenters. The van der Waals surface area contributed by atoms with E-state index in [-0.39, 0.29) is 28.4 Å². The number of nitrogens with zero attached hydrogens (tertiary/aromatic N) is 3. The number of hydrogen-bond donors (Lipinski definition) is 0. The molecule has 0 saturated heterocycles. The molecule has 7 nitrogen and oxygen atoms in total. The van der Waals surface area contributed by atoms with Crippen molar-refractivity contribution in [2.45, 2.75) is 11.5 Å². The average molecular weight is 560 g/mol. The first kappa shape index (κ1) is 26.5. The van der Waals surface area contributed by atoms with Crippen molar-refractivity contribution in [3.63, 3.8) is 0 Å². The number of aromatic nitrogens is 2. The van der Waals surface area contributed by atoms with Crippen LogP contribution in [0.3, 0.4) is 0 Å². The van der Waals surface area contributed by atoms with Gasteiger partial charge in [0, 0.05) is 23.8 Å². The minimum absolute atomic E-state index is 0.0363. The molecule has 0 saturated carbocycles. The van der Waals surface area contributed by atoms with Gasteiger partial charge in [-0.05, 0) is 46.7 Å². The van der Waals surface area contributed by atoms with Crippen LogP contribution in [0.1, 0.15) is 21.5 Å². The van der Waals surface area contributed by atoms with Gasteiger partial charge in [-0.25, -0.2) is 8.89 Å². The highest BCUT2D eigenvalue weighted by atomic mass is 35.5. The maximum atomic E-state index is 13.7. The van der Waals surface area contributed by atoms with E-state index in [1.54, 1.807) is 43.4 Å². The molecule has 0 aliphatic heterocycles. The second-order valence-corrected chi connectivity index (χ2v) is 11.6. The summed E-state index contributed by atoms with van der Waals surface area (Å²) in [5.41, 5.74) is 1.51. The van der Waals surface area contributed by atoms with Crippen molar-refractivity contribution in [1.29, 1.82) is 0 Å². The molecular weight excluding hydrogens is 534 g/mol. The molecule has 5 rings (SSSR count). The summed E-state index contributed by atoms with van der Waals surface area (Å²) in [5, 5.41) is 6.52. The zero-order valence-corrected chi connectivity index (χ0v) is 23.2. The van der Waals surface area contributed by atoms with Gasteiger partial charge in [-0.2, -0.15) is 9.46 Å². The van der Waals surface area contributed by atoms with E-state index in [1.165, 1.54) is 24.2 Å². The van der Waals surface area contributed by atoms with Crippen LogP contribution in [0.25, 0.3) is 10.8 Å². The van der Waals surface area contributed by atoms with Gasteiger partial charge in [0.05, 0.1) is 28.1 Å². The van der Waals surface area contributed by atoms with E-state index in [4.69, 9.17) is 21.1 Å². The van der Waals surface area contributed by atoms with Crippen LogP contribution >= 0.6 is 11.6 Å². The van der Waals surface area contributed by atoms with Crippen LogP contribution in [0.5, 0.6) is 11.6 Å². The Morgan fingerprint density at radius 3 is 2.44 bits per heavy atom. The summed E-state index contributed by atoms with van der Waals surface area (Å²) in [4.78, 5) is 14.2. The van der Waals surface area contributed by atoms with Crippen molar-refractivity contribution >= 4 is 43.6 Å². The number of rotatable bonds is 8. The SMILES string of the molecule is COc1ccc(C(=O)c2cnn(C)c2OCc2ccc3ccccc3c2)c(Cl)c1N=S(C)(=O)c1ccccc1. The Kier molecular flexibility index (Phi) is 7.41. The Bertz CT molecular complexity index is 1810. The lowest BCUT2D eigenvalue weighted by atomic mass is 10.0. The van der Waals surface area contributed by atoms with E-state index in [0.717, 1.165) is 16.3 Å². The van der Waals surface area contributed by atoms with Crippen molar-refractivity contribution in [3.05, 3.63) is 113 Å². The van der Waals surface area contributed by atoms with E-state index in [0.29, 0.717) is 16.5 Å². The van der Waals surface area contributed by atoms with Gasteiger partial charge in [0.15, 0.2) is 0 Å². The molecule has 0 fully saturated rings. The number of ketones is 1. The molecule has 0 amide bonds. The normalized spacial score (nSPS) is 12.6. The van der Waals surface area contributed by atoms with Gasteiger partial charge in [-0.1, -0.05) is 66.2 Å². The lowest BCUT2D eigenvalue weighted by molar-refractivity contribution is 0.103. The minimum atomic E-state index is -2.88. The highest BCUT2D eigenvalue weighted by Crippen LogP contribution is 2.40. The maximum Gasteiger partial charge on any atom is 0.223 e. The van der Waals surface area contributed by atoms with E-state index in [9.17, 15) is 9.00 Å². The summed E-state index contributed by atoms with van der Waals surface area (Å²) in [6, 6.07) is 26.2. The zero-order valence-electron chi connectivity index (χ0n) is 21.6. The smallest absolute Gasteiger partial charge is 0.223 e. The summed E-state index contributed by atoms with van der Waals surface area (Å²) in [6.45, 7) is 0.247. The first-order chi connectivity index (χ1) is 18.8. The van der Waals surface area contributed by atoms with Crippen molar-refractivity contribution in [1.82, 2.24) is 9.78 Å². The predicted molar refractivity (Wildman–Crippen MR) is 154 cm³/mol. The molecule has 0 aliphatic rings. The zero-order chi connectivity index (χ0) is 27.6. The Balaban J connectivity index is 1.49. The van der Waals surface area contributed by atoms with Crippen LogP contribution in [0, 0.1) is 0 Å². The molecule has 1 heterocycles. The molecule has 1 aromatic heterocycles. The summed E-state index contributed by atoms with van der Waals surface area (Å²) in [5.74, 6) is 0.214. The molecule has 4 aromatic carbocycles. The van der Waals surface area contributed by atoms with Crippen molar-refractivity contribution in [2.24, 2.45) is 11.4 Å². The highest BCUT2D eigenvalue weighted by molar-refractivity contribution is 7.93. The van der Waals surface area contributed by atoms with Crippen LogP contribution in [-0.2, 0) is 23.4 Å². The Labute approximate surface area is 232 Å². The second kappa shape index (κ2) is 10.9. The largest absolute Gasteiger partial charge is 0.494 e. The van der Waals surface area contributed by atoms with E-state index in [1.807, 2.05) is 42.5 Å². The number of fused-ring (bicyclic) bond motifs is 1. The maximum absolute atomic E-state index is 13.7. The second-order valence-electron chi connectivity index (χ2n) is 8.97. The fourth-order valence-corrected chi connectivity index (χ4v) is 5.88. The molecule has 39 heavy (non-hydrogen) atoms. The van der Waals surface area contributed by atoms with E-state index < -0.39 is 15.5 Å². The molecule has 9 heteroatoms. The minimum Gasteiger partial charge on any atom is -0.494 e. The highest BCUT2D eigenvalue weighted by Gasteiger charge is 2.25. The fraction of sp³-hybridized carbons (Fsp3) is 0.133. The standard InChI is InChI=1S/C30H26ClN3O4S/c1-34-30(38-19-20-13-14-21-9-7-8-10-22(21)17-20)25(18-32-34)29(35)24-15-16-26(37-2)28(27(24)31)33-39(3,36)23-11-5-4-6-12-23/h4-18H,19H2,1-3H3. The lowest BCUT2D eigenvalue weighted by Crippen LogP contribution is -2.08. The third-order valence-electron chi connectivity index (χ3n) is 6.31. The quantitative estimate of drug-likeness (QED) is 0.194. The van der Waals surface area contributed by atoms with Gasteiger partial charge < -0.3 is 9.47 Å². The number of ether oxygens (including phenoxy) is 2. The molecule has 0 radical (unpaired) electrons. The van der Waals surface area contributed by atoms with Crippen molar-refractivity contribution in [2.75, 3.05) is 13.4 Å². The molecule has 198 valence electrons. The van der Waals surface area contributed by atoms with Crippen LogP contribution in [0.2, 0.25) is 5.02 Å². The van der Waals surface area contributed by atoms with Crippen LogP contribution in [0.15, 0.2) is 100 Å². The molecule has 0 aliphatic carbocycles. The number of halogens is 1. The number of carbonyl (C=O) groups excluding carboxylic acids is 1. The number of hydrogen-bond acceptors (Lipinski definition) is 6.